The average Bonchev–Trinajstić information content (AvgIpc) is 2.34. The number of hydrogen-bond donors (Lipinski definition) is 2. The molecule has 0 aliphatic rings. The number of hydrogen-bond acceptors (Lipinski definition) is 5. The molecule has 0 atom stereocenters. The van der Waals surface area contributed by atoms with Crippen LogP contribution in [0.4, 0.5) is 11.8 Å². The van der Waals surface area contributed by atoms with Gasteiger partial charge in [-0.25, -0.2) is 4.98 Å². The molecule has 1 heterocycles. The Balaban J connectivity index is 2.38. The third-order valence-corrected chi connectivity index (χ3v) is 2.85. The first-order chi connectivity index (χ1) is 8.97. The Kier molecular flexibility index (Phi) is 3.76. The van der Waals surface area contributed by atoms with Gasteiger partial charge < -0.3 is 16.2 Å². The predicted molar refractivity (Wildman–Crippen MR) is 76.5 cm³/mol. The molecule has 0 radical (unpaired) electrons. The van der Waals surface area contributed by atoms with Gasteiger partial charge in [-0.2, -0.15) is 4.98 Å². The summed E-state index contributed by atoms with van der Waals surface area (Å²) in [5.41, 5.74) is 12.2. The lowest BCUT2D eigenvalue weighted by atomic mass is 10.0. The van der Waals surface area contributed by atoms with Crippen LogP contribution in [-0.2, 0) is 0 Å². The van der Waals surface area contributed by atoms with Crippen LogP contribution in [-0.4, -0.2) is 9.97 Å². The van der Waals surface area contributed by atoms with Crippen molar-refractivity contribution in [3.05, 3.63) is 35.0 Å². The number of aromatic nitrogens is 2. The van der Waals surface area contributed by atoms with Crippen molar-refractivity contribution in [3.63, 3.8) is 0 Å². The average molecular weight is 279 g/mol. The molecule has 0 unspecified atom stereocenters. The van der Waals surface area contributed by atoms with E-state index >= 15 is 0 Å². The highest BCUT2D eigenvalue weighted by Gasteiger charge is 2.12. The maximum atomic E-state index is 5.99. The lowest BCUT2D eigenvalue weighted by Crippen LogP contribution is -2.02. The van der Waals surface area contributed by atoms with E-state index in [9.17, 15) is 0 Å². The minimum absolute atomic E-state index is 0.116. The molecular formula is C13H15ClN4O. The van der Waals surface area contributed by atoms with Gasteiger partial charge in [-0.05, 0) is 29.7 Å². The third kappa shape index (κ3) is 3.06. The minimum Gasteiger partial charge on any atom is -0.452 e. The van der Waals surface area contributed by atoms with Crippen molar-refractivity contribution >= 4 is 23.4 Å². The number of anilines is 2. The highest BCUT2D eigenvalue weighted by Crippen LogP contribution is 2.34. The van der Waals surface area contributed by atoms with Crippen LogP contribution in [0.1, 0.15) is 25.3 Å². The summed E-state index contributed by atoms with van der Waals surface area (Å²) in [6.07, 6.45) is 1.45. The predicted octanol–water partition coefficient (Wildman–Crippen LogP) is 3.21. The monoisotopic (exact) mass is 278 g/mol. The number of rotatable bonds is 3. The number of nitrogen functional groups attached to an aromatic ring is 2. The topological polar surface area (TPSA) is 87.0 Å². The van der Waals surface area contributed by atoms with E-state index in [1.165, 1.54) is 6.20 Å². The van der Waals surface area contributed by atoms with Gasteiger partial charge in [-0.3, -0.25) is 0 Å². The lowest BCUT2D eigenvalue weighted by Gasteiger charge is -2.14. The van der Waals surface area contributed by atoms with Crippen LogP contribution in [0.3, 0.4) is 0 Å². The molecule has 1 aromatic carbocycles. The first kappa shape index (κ1) is 13.4. The number of halogens is 1. The van der Waals surface area contributed by atoms with Crippen molar-refractivity contribution in [3.8, 4) is 11.5 Å². The fourth-order valence-corrected chi connectivity index (χ4v) is 1.84. The van der Waals surface area contributed by atoms with Gasteiger partial charge in [0.05, 0.1) is 6.20 Å². The molecule has 0 spiro atoms. The van der Waals surface area contributed by atoms with Crippen LogP contribution in [0.2, 0.25) is 5.02 Å². The number of nitrogens with two attached hydrogens (primary N) is 2. The Morgan fingerprint density at radius 3 is 2.58 bits per heavy atom. The second kappa shape index (κ2) is 5.32. The highest BCUT2D eigenvalue weighted by atomic mass is 35.5. The summed E-state index contributed by atoms with van der Waals surface area (Å²) >= 11 is 5.99. The van der Waals surface area contributed by atoms with E-state index in [0.29, 0.717) is 16.5 Å². The second-order valence-corrected chi connectivity index (χ2v) is 4.85. The molecule has 0 saturated heterocycles. The van der Waals surface area contributed by atoms with Crippen molar-refractivity contribution < 1.29 is 4.74 Å². The number of nitrogens with zero attached hydrogens (tertiary/aromatic N) is 2. The normalized spacial score (nSPS) is 10.7. The van der Waals surface area contributed by atoms with Crippen LogP contribution in [0.15, 0.2) is 24.4 Å². The zero-order valence-electron chi connectivity index (χ0n) is 10.7. The summed E-state index contributed by atoms with van der Waals surface area (Å²) in [6.45, 7) is 4.11. The van der Waals surface area contributed by atoms with Crippen LogP contribution in [0.25, 0.3) is 0 Å². The Labute approximate surface area is 116 Å². The molecule has 4 N–H and O–H groups in total. The van der Waals surface area contributed by atoms with Crippen molar-refractivity contribution in [1.82, 2.24) is 9.97 Å². The fourth-order valence-electron chi connectivity index (χ4n) is 1.66. The fraction of sp³-hybridized carbons (Fsp3) is 0.231. The molecule has 0 saturated carbocycles. The summed E-state index contributed by atoms with van der Waals surface area (Å²) < 4.78 is 5.75. The standard InChI is InChI=1S/C13H15ClN4O/c1-7(2)9-5-8(14)3-4-10(9)19-11-6-17-13(16)18-12(11)15/h3-7H,1-2H3,(H4,15,16,17,18). The molecule has 2 rings (SSSR count). The Morgan fingerprint density at radius 1 is 1.21 bits per heavy atom. The maximum absolute atomic E-state index is 5.99. The van der Waals surface area contributed by atoms with Gasteiger partial charge in [0.15, 0.2) is 11.6 Å². The van der Waals surface area contributed by atoms with E-state index in [2.05, 4.69) is 23.8 Å². The van der Waals surface area contributed by atoms with Crippen molar-refractivity contribution in [1.29, 1.82) is 0 Å². The van der Waals surface area contributed by atoms with E-state index in [1.54, 1.807) is 12.1 Å². The summed E-state index contributed by atoms with van der Waals surface area (Å²) in [5.74, 6) is 1.64. The van der Waals surface area contributed by atoms with E-state index in [1.807, 2.05) is 6.07 Å². The molecule has 6 heteroatoms. The van der Waals surface area contributed by atoms with Gasteiger partial charge in [0.2, 0.25) is 5.95 Å². The van der Waals surface area contributed by atoms with Gasteiger partial charge in [0.1, 0.15) is 5.75 Å². The van der Waals surface area contributed by atoms with Crippen molar-refractivity contribution in [2.45, 2.75) is 19.8 Å². The molecule has 0 aliphatic heterocycles. The van der Waals surface area contributed by atoms with Crippen LogP contribution >= 0.6 is 11.6 Å². The van der Waals surface area contributed by atoms with Gasteiger partial charge in [0, 0.05) is 5.02 Å². The summed E-state index contributed by atoms with van der Waals surface area (Å²) in [7, 11) is 0. The zero-order chi connectivity index (χ0) is 14.0. The van der Waals surface area contributed by atoms with E-state index in [0.717, 1.165) is 5.56 Å². The van der Waals surface area contributed by atoms with Crippen LogP contribution < -0.4 is 16.2 Å². The molecule has 100 valence electrons. The molecule has 19 heavy (non-hydrogen) atoms. The van der Waals surface area contributed by atoms with Gasteiger partial charge in [-0.1, -0.05) is 25.4 Å². The molecule has 0 bridgehead atoms. The van der Waals surface area contributed by atoms with Gasteiger partial charge >= 0.3 is 0 Å². The summed E-state index contributed by atoms with van der Waals surface area (Å²) in [6, 6.07) is 5.43. The SMILES string of the molecule is CC(C)c1cc(Cl)ccc1Oc1cnc(N)nc1N. The molecule has 0 amide bonds. The first-order valence-electron chi connectivity index (χ1n) is 5.82. The second-order valence-electron chi connectivity index (χ2n) is 4.42. The van der Waals surface area contributed by atoms with E-state index in [-0.39, 0.29) is 17.7 Å². The molecule has 1 aromatic heterocycles. The number of ether oxygens (including phenoxy) is 1. The van der Waals surface area contributed by atoms with Gasteiger partial charge in [-0.15, -0.1) is 0 Å². The molecule has 0 fully saturated rings. The maximum Gasteiger partial charge on any atom is 0.222 e. The lowest BCUT2D eigenvalue weighted by molar-refractivity contribution is 0.471. The third-order valence-electron chi connectivity index (χ3n) is 2.62. The first-order valence-corrected chi connectivity index (χ1v) is 6.20. The molecule has 0 aliphatic carbocycles. The van der Waals surface area contributed by atoms with Crippen molar-refractivity contribution in [2.24, 2.45) is 0 Å². The number of benzene rings is 1. The molecule has 5 nitrogen and oxygen atoms in total. The Bertz CT molecular complexity index is 601. The minimum atomic E-state index is 0.116. The van der Waals surface area contributed by atoms with E-state index < -0.39 is 0 Å². The highest BCUT2D eigenvalue weighted by molar-refractivity contribution is 6.30. The largest absolute Gasteiger partial charge is 0.452 e. The Morgan fingerprint density at radius 2 is 1.95 bits per heavy atom. The van der Waals surface area contributed by atoms with Gasteiger partial charge in [0.25, 0.3) is 0 Å². The van der Waals surface area contributed by atoms with Crippen LogP contribution in [0.5, 0.6) is 11.5 Å². The summed E-state index contributed by atoms with van der Waals surface area (Å²) in [4.78, 5) is 7.72. The summed E-state index contributed by atoms with van der Waals surface area (Å²) in [5, 5.41) is 0.664. The smallest absolute Gasteiger partial charge is 0.222 e. The molecular weight excluding hydrogens is 264 g/mol. The van der Waals surface area contributed by atoms with E-state index in [4.69, 9.17) is 27.8 Å². The zero-order valence-corrected chi connectivity index (χ0v) is 11.5. The quantitative estimate of drug-likeness (QED) is 0.900. The van der Waals surface area contributed by atoms with Crippen LogP contribution in [0, 0.1) is 0 Å². The van der Waals surface area contributed by atoms with Crippen molar-refractivity contribution in [2.75, 3.05) is 11.5 Å². The Hall–Kier alpha value is -2.01. The molecule has 2 aromatic rings.